The second-order valence-electron chi connectivity index (χ2n) is 9.36. The van der Waals surface area contributed by atoms with Crippen molar-refractivity contribution in [3.8, 4) is 6.07 Å². The molecule has 35 heavy (non-hydrogen) atoms. The smallest absolute Gasteiger partial charge is 0.342 e. The molecule has 3 heterocycles. The maximum Gasteiger partial charge on any atom is 0.433 e. The Morgan fingerprint density at radius 2 is 1.74 bits per heavy atom. The van der Waals surface area contributed by atoms with Crippen LogP contribution < -0.4 is 4.90 Å². The fourth-order valence-electron chi connectivity index (χ4n) is 5.64. The van der Waals surface area contributed by atoms with Gasteiger partial charge in [-0.3, -0.25) is 0 Å². The summed E-state index contributed by atoms with van der Waals surface area (Å²) in [5.74, 6) is -0.0502. The number of fused-ring (bicyclic) bond motifs is 3. The number of hydrogen-bond donors (Lipinski definition) is 0. The van der Waals surface area contributed by atoms with Crippen LogP contribution in [0.3, 0.4) is 0 Å². The highest BCUT2D eigenvalue weighted by atomic mass is 19.4. The summed E-state index contributed by atoms with van der Waals surface area (Å²) >= 11 is 0. The molecule has 0 radical (unpaired) electrons. The predicted molar refractivity (Wildman–Crippen MR) is 115 cm³/mol. The first-order valence-electron chi connectivity index (χ1n) is 11.3. The number of imidazole rings is 1. The van der Waals surface area contributed by atoms with Crippen molar-refractivity contribution in [2.75, 3.05) is 4.90 Å². The van der Waals surface area contributed by atoms with Gasteiger partial charge in [-0.2, -0.15) is 31.6 Å². The highest BCUT2D eigenvalue weighted by molar-refractivity contribution is 5.76. The molecule has 5 nitrogen and oxygen atoms in total. The number of alkyl halides is 6. The third kappa shape index (κ3) is 3.70. The van der Waals surface area contributed by atoms with Crippen LogP contribution in [0.2, 0.25) is 0 Å². The van der Waals surface area contributed by atoms with Crippen LogP contribution in [0.15, 0.2) is 30.3 Å². The molecule has 0 spiro atoms. The van der Waals surface area contributed by atoms with E-state index >= 15 is 0 Å². The minimum Gasteiger partial charge on any atom is -0.342 e. The number of anilines is 1. The molecule has 1 saturated heterocycles. The maximum absolute atomic E-state index is 13.8. The van der Waals surface area contributed by atoms with Crippen molar-refractivity contribution in [3.63, 3.8) is 0 Å². The van der Waals surface area contributed by atoms with E-state index in [1.165, 1.54) is 11.0 Å². The summed E-state index contributed by atoms with van der Waals surface area (Å²) in [6.45, 7) is 3.89. The number of rotatable bonds is 3. The van der Waals surface area contributed by atoms with Gasteiger partial charge in [-0.25, -0.2) is 9.97 Å². The molecule has 2 fully saturated rings. The molecule has 2 aliphatic rings. The second-order valence-corrected chi connectivity index (χ2v) is 9.36. The topological polar surface area (TPSA) is 57.7 Å². The van der Waals surface area contributed by atoms with Gasteiger partial charge in [0.15, 0.2) is 0 Å². The Hall–Kier alpha value is -3.29. The summed E-state index contributed by atoms with van der Waals surface area (Å²) in [5.41, 5.74) is -2.68. The van der Waals surface area contributed by atoms with Gasteiger partial charge in [0, 0.05) is 12.1 Å². The quantitative estimate of drug-likeness (QED) is 0.383. The van der Waals surface area contributed by atoms with Gasteiger partial charge in [0.25, 0.3) is 0 Å². The number of pyridine rings is 1. The standard InChI is InChI=1S/C24H21F6N5/c1-12(2)34-18-6-4-3-5-17(18)32-22(34)20-13-7-8-14(9-13)35(20)21-15(11-31)16(23(25,26)27)10-19(33-21)24(28,29)30/h3-6,10,12-14,20H,7-9H2,1-2H3/t13-,14+,20-/m0/s1. The van der Waals surface area contributed by atoms with Crippen molar-refractivity contribution >= 4 is 16.9 Å². The van der Waals surface area contributed by atoms with E-state index < -0.39 is 41.0 Å². The van der Waals surface area contributed by atoms with Crippen LogP contribution in [-0.2, 0) is 12.4 Å². The number of benzene rings is 1. The Labute approximate surface area is 197 Å². The third-order valence-electron chi connectivity index (χ3n) is 6.94. The van der Waals surface area contributed by atoms with Gasteiger partial charge in [-0.15, -0.1) is 0 Å². The molecule has 5 rings (SSSR count). The molecular weight excluding hydrogens is 472 g/mol. The number of piperidine rings is 1. The summed E-state index contributed by atoms with van der Waals surface area (Å²) < 4.78 is 84.3. The highest BCUT2D eigenvalue weighted by Gasteiger charge is 2.51. The lowest BCUT2D eigenvalue weighted by atomic mass is 9.96. The van der Waals surface area contributed by atoms with Crippen LogP contribution in [0.1, 0.15) is 67.8 Å². The second kappa shape index (κ2) is 7.86. The number of nitrogens with zero attached hydrogens (tertiary/aromatic N) is 5. The van der Waals surface area contributed by atoms with E-state index in [0.29, 0.717) is 24.2 Å². The number of halogens is 6. The van der Waals surface area contributed by atoms with E-state index in [9.17, 15) is 31.6 Å². The Kier molecular flexibility index (Phi) is 5.27. The molecule has 1 aromatic carbocycles. The zero-order valence-electron chi connectivity index (χ0n) is 18.8. The first-order valence-corrected chi connectivity index (χ1v) is 11.3. The predicted octanol–water partition coefficient (Wildman–Crippen LogP) is 6.65. The van der Waals surface area contributed by atoms with Crippen molar-refractivity contribution in [1.82, 2.24) is 14.5 Å². The molecule has 2 aromatic heterocycles. The number of hydrogen-bond acceptors (Lipinski definition) is 4. The van der Waals surface area contributed by atoms with Crippen molar-refractivity contribution in [3.05, 3.63) is 53.0 Å². The number of nitriles is 1. The van der Waals surface area contributed by atoms with E-state index in [1.54, 1.807) is 0 Å². The minimum atomic E-state index is -5.15. The van der Waals surface area contributed by atoms with Crippen molar-refractivity contribution in [2.45, 2.75) is 63.6 Å². The molecule has 1 saturated carbocycles. The summed E-state index contributed by atoms with van der Waals surface area (Å²) in [7, 11) is 0. The summed E-state index contributed by atoms with van der Waals surface area (Å²) in [6, 6.07) is 7.80. The Bertz CT molecular complexity index is 1330. The van der Waals surface area contributed by atoms with Gasteiger partial charge in [-0.05, 0) is 57.2 Å². The van der Waals surface area contributed by atoms with Crippen LogP contribution in [-0.4, -0.2) is 20.6 Å². The summed E-state index contributed by atoms with van der Waals surface area (Å²) in [5, 5.41) is 9.68. The average molecular weight is 493 g/mol. The zero-order chi connectivity index (χ0) is 25.3. The molecule has 0 amide bonds. The molecule has 184 valence electrons. The molecule has 3 atom stereocenters. The molecular formula is C24H21F6N5. The normalized spacial score (nSPS) is 22.4. The molecule has 0 unspecified atom stereocenters. The largest absolute Gasteiger partial charge is 0.433 e. The van der Waals surface area contributed by atoms with E-state index in [0.717, 1.165) is 11.9 Å². The summed E-state index contributed by atoms with van der Waals surface area (Å²) in [6.07, 6.45) is -8.33. The number of para-hydroxylation sites is 2. The van der Waals surface area contributed by atoms with Crippen LogP contribution >= 0.6 is 0 Å². The Morgan fingerprint density at radius 1 is 1.03 bits per heavy atom. The minimum absolute atomic E-state index is 0.0356. The van der Waals surface area contributed by atoms with Crippen LogP contribution in [0, 0.1) is 17.2 Å². The van der Waals surface area contributed by atoms with Gasteiger partial charge in [0.2, 0.25) is 0 Å². The van der Waals surface area contributed by atoms with Gasteiger partial charge < -0.3 is 9.47 Å². The fraction of sp³-hybridized carbons (Fsp3) is 0.458. The molecule has 11 heteroatoms. The van der Waals surface area contributed by atoms with Gasteiger partial charge >= 0.3 is 12.4 Å². The van der Waals surface area contributed by atoms with Crippen LogP contribution in [0.25, 0.3) is 11.0 Å². The molecule has 2 bridgehead atoms. The zero-order valence-corrected chi connectivity index (χ0v) is 18.8. The average Bonchev–Trinajstić information content (AvgIpc) is 3.48. The first kappa shape index (κ1) is 23.5. The molecule has 3 aromatic rings. The monoisotopic (exact) mass is 493 g/mol. The van der Waals surface area contributed by atoms with Crippen molar-refractivity contribution in [2.24, 2.45) is 5.92 Å². The summed E-state index contributed by atoms with van der Waals surface area (Å²) in [4.78, 5) is 9.91. The Balaban J connectivity index is 1.77. The van der Waals surface area contributed by atoms with Crippen molar-refractivity contribution < 1.29 is 26.3 Å². The SMILES string of the molecule is CC(C)n1c([C@@H]2[C@H]3CC[C@H](C3)N2c2nc(C(F)(F)F)cc(C(F)(F)F)c2C#N)nc2ccccc21. The van der Waals surface area contributed by atoms with Crippen LogP contribution in [0.4, 0.5) is 32.2 Å². The van der Waals surface area contributed by atoms with Crippen LogP contribution in [0.5, 0.6) is 0 Å². The van der Waals surface area contributed by atoms with Gasteiger partial charge in [-0.1, -0.05) is 12.1 Å². The molecule has 1 aliphatic carbocycles. The van der Waals surface area contributed by atoms with Gasteiger partial charge in [0.05, 0.1) is 22.6 Å². The lowest BCUT2D eigenvalue weighted by Crippen LogP contribution is -2.38. The lowest BCUT2D eigenvalue weighted by molar-refractivity contribution is -0.145. The lowest BCUT2D eigenvalue weighted by Gasteiger charge is -2.37. The first-order chi connectivity index (χ1) is 16.4. The maximum atomic E-state index is 13.8. The Morgan fingerprint density at radius 3 is 2.37 bits per heavy atom. The van der Waals surface area contributed by atoms with E-state index in [2.05, 4.69) is 4.98 Å². The van der Waals surface area contributed by atoms with E-state index in [1.807, 2.05) is 42.7 Å². The fourth-order valence-corrected chi connectivity index (χ4v) is 5.64. The highest BCUT2D eigenvalue weighted by Crippen LogP contribution is 2.54. The van der Waals surface area contributed by atoms with Gasteiger partial charge in [0.1, 0.15) is 29.0 Å². The van der Waals surface area contributed by atoms with E-state index in [-0.39, 0.29) is 24.1 Å². The number of aromatic nitrogens is 3. The molecule has 1 aliphatic heterocycles. The van der Waals surface area contributed by atoms with E-state index in [4.69, 9.17) is 4.98 Å². The third-order valence-corrected chi connectivity index (χ3v) is 6.94. The van der Waals surface area contributed by atoms with Crippen molar-refractivity contribution in [1.29, 1.82) is 5.26 Å². The molecule has 0 N–H and O–H groups in total.